The summed E-state index contributed by atoms with van der Waals surface area (Å²) in [6.07, 6.45) is 3.46. The first-order valence-corrected chi connectivity index (χ1v) is 10.2. The molecular formula is C22H10N6OS2. The quantitative estimate of drug-likeness (QED) is 0.487. The Morgan fingerprint density at radius 3 is 1.68 bits per heavy atom. The van der Waals surface area contributed by atoms with Gasteiger partial charge in [0.15, 0.2) is 0 Å². The van der Waals surface area contributed by atoms with Crippen LogP contribution >= 0.6 is 22.7 Å². The third kappa shape index (κ3) is 4.40. The van der Waals surface area contributed by atoms with Crippen LogP contribution in [-0.2, 0) is 0 Å². The van der Waals surface area contributed by atoms with E-state index in [0.29, 0.717) is 20.2 Å². The average Bonchev–Trinajstić information content (AvgIpc) is 3.42. The van der Waals surface area contributed by atoms with E-state index in [0.717, 1.165) is 9.06 Å². The van der Waals surface area contributed by atoms with Gasteiger partial charge in [0.05, 0.1) is 14.8 Å². The third-order valence-electron chi connectivity index (χ3n) is 4.16. The summed E-state index contributed by atoms with van der Waals surface area (Å²) in [4.78, 5) is 11.5. The van der Waals surface area contributed by atoms with Crippen LogP contribution < -0.4 is 23.9 Å². The molecule has 31 heavy (non-hydrogen) atoms. The zero-order valence-corrected chi connectivity index (χ0v) is 17.3. The molecule has 0 bridgehead atoms. The minimum Gasteiger partial charge on any atom is -0.396 e. The molecule has 3 aromatic rings. The molecule has 2 heterocycles. The molecule has 0 spiro atoms. The molecule has 0 unspecified atom stereocenters. The number of nitrogens with two attached hydrogens (primary N) is 1. The molecule has 0 fully saturated rings. The second-order valence-electron chi connectivity index (χ2n) is 5.99. The number of rotatable bonds is 3. The highest BCUT2D eigenvalue weighted by Crippen LogP contribution is 2.31. The van der Waals surface area contributed by atoms with Crippen molar-refractivity contribution in [3.05, 3.63) is 70.6 Å². The van der Waals surface area contributed by atoms with Gasteiger partial charge >= 0.3 is 0 Å². The highest BCUT2D eigenvalue weighted by atomic mass is 32.1. The van der Waals surface area contributed by atoms with E-state index in [1.807, 2.05) is 24.3 Å². The molecule has 7 nitrogen and oxygen atoms in total. The predicted octanol–water partition coefficient (Wildman–Crippen LogP) is 1.84. The lowest BCUT2D eigenvalue weighted by atomic mass is 10.1. The minimum absolute atomic E-state index is 0.0198. The Balaban J connectivity index is 2.13. The van der Waals surface area contributed by atoms with Crippen LogP contribution in [-0.4, -0.2) is 0 Å². The van der Waals surface area contributed by atoms with Crippen molar-refractivity contribution in [3.8, 4) is 24.3 Å². The highest BCUT2D eigenvalue weighted by Gasteiger charge is 2.09. The van der Waals surface area contributed by atoms with Gasteiger partial charge in [-0.1, -0.05) is 12.1 Å². The maximum atomic E-state index is 11.5. The van der Waals surface area contributed by atoms with Gasteiger partial charge in [-0.15, -0.1) is 27.6 Å². The van der Waals surface area contributed by atoms with Gasteiger partial charge in [-0.25, -0.2) is 0 Å². The second kappa shape index (κ2) is 9.31. The van der Waals surface area contributed by atoms with E-state index in [4.69, 9.17) is 26.8 Å². The van der Waals surface area contributed by atoms with E-state index in [1.165, 1.54) is 22.7 Å². The van der Waals surface area contributed by atoms with Crippen LogP contribution in [0.15, 0.2) is 41.6 Å². The van der Waals surface area contributed by atoms with Gasteiger partial charge in [0.2, 0.25) is 0 Å². The van der Waals surface area contributed by atoms with Crippen molar-refractivity contribution >= 4 is 57.3 Å². The summed E-state index contributed by atoms with van der Waals surface area (Å²) in [6.45, 7) is 0. The maximum Gasteiger partial charge on any atom is 0.146 e. The number of benzene rings is 1. The van der Waals surface area contributed by atoms with Crippen molar-refractivity contribution in [1.82, 2.24) is 0 Å². The molecule has 0 amide bonds. The molecule has 2 N–H and O–H groups in total. The van der Waals surface area contributed by atoms with Crippen molar-refractivity contribution in [2.24, 2.45) is 5.18 Å². The summed E-state index contributed by atoms with van der Waals surface area (Å²) in [7, 11) is 0. The Morgan fingerprint density at radius 1 is 0.774 bits per heavy atom. The molecule has 2 aromatic heterocycles. The molecule has 0 atom stereocenters. The molecular weight excluding hydrogens is 428 g/mol. The molecule has 3 rings (SSSR count). The van der Waals surface area contributed by atoms with E-state index in [2.05, 4.69) is 5.18 Å². The van der Waals surface area contributed by atoms with Crippen molar-refractivity contribution < 1.29 is 0 Å². The topological polar surface area (TPSA) is 151 Å². The molecule has 0 saturated carbocycles. The predicted molar refractivity (Wildman–Crippen MR) is 120 cm³/mol. The van der Waals surface area contributed by atoms with E-state index in [-0.39, 0.29) is 22.5 Å². The summed E-state index contributed by atoms with van der Waals surface area (Å²) >= 11 is 2.50. The molecule has 9 heteroatoms. The first kappa shape index (κ1) is 21.2. The summed E-state index contributed by atoms with van der Waals surface area (Å²) in [6, 6.07) is 17.7. The Kier molecular flexibility index (Phi) is 6.36. The SMILES string of the molecule is N#CC(C#N)=c1cc/c(=C\c2ccc(/C=c3\ccc(=C(C#N)C#N)s3)c(N=O)c2N)s1. The summed E-state index contributed by atoms with van der Waals surface area (Å²) in [5.41, 5.74) is 7.58. The minimum atomic E-state index is 0.0198. The Morgan fingerprint density at radius 2 is 1.23 bits per heavy atom. The number of hydrogen-bond donors (Lipinski definition) is 1. The van der Waals surface area contributed by atoms with E-state index in [1.54, 1.807) is 48.6 Å². The van der Waals surface area contributed by atoms with Gasteiger partial charge in [0, 0.05) is 20.2 Å². The number of nitrogen functional groups attached to an aromatic ring is 1. The van der Waals surface area contributed by atoms with Crippen molar-refractivity contribution in [2.45, 2.75) is 0 Å². The average molecular weight is 438 g/mol. The lowest BCUT2D eigenvalue weighted by Gasteiger charge is -2.05. The number of nitriles is 4. The molecule has 0 aliphatic rings. The lowest BCUT2D eigenvalue weighted by Crippen LogP contribution is -2.00. The van der Waals surface area contributed by atoms with Crippen molar-refractivity contribution in [2.75, 3.05) is 5.73 Å². The van der Waals surface area contributed by atoms with Crippen LogP contribution in [0.25, 0.3) is 23.3 Å². The largest absolute Gasteiger partial charge is 0.396 e. The normalized spacial score (nSPS) is 11.1. The van der Waals surface area contributed by atoms with Crippen LogP contribution in [0.3, 0.4) is 0 Å². The van der Waals surface area contributed by atoms with Gasteiger partial charge < -0.3 is 5.73 Å². The van der Waals surface area contributed by atoms with Gasteiger partial charge in [0.1, 0.15) is 41.1 Å². The molecule has 146 valence electrons. The lowest BCUT2D eigenvalue weighted by molar-refractivity contribution is 1.46. The summed E-state index contributed by atoms with van der Waals surface area (Å²) in [5, 5.41) is 39.0. The van der Waals surface area contributed by atoms with Gasteiger partial charge in [0.25, 0.3) is 0 Å². The number of nitroso groups, excluding NO2 is 1. The van der Waals surface area contributed by atoms with Gasteiger partial charge in [-0.05, 0) is 41.6 Å². The molecule has 0 radical (unpaired) electrons. The Labute approximate surface area is 184 Å². The summed E-state index contributed by atoms with van der Waals surface area (Å²) in [5.74, 6) is 0. The molecule has 1 aromatic carbocycles. The fourth-order valence-electron chi connectivity index (χ4n) is 2.69. The fourth-order valence-corrected chi connectivity index (χ4v) is 4.50. The first-order chi connectivity index (χ1) is 15.0. The Bertz CT molecular complexity index is 1580. The fraction of sp³-hybridized carbons (Fsp3) is 0. The van der Waals surface area contributed by atoms with Crippen LogP contribution in [0.2, 0.25) is 0 Å². The smallest absolute Gasteiger partial charge is 0.146 e. The molecule has 0 saturated heterocycles. The first-order valence-electron chi connectivity index (χ1n) is 8.54. The van der Waals surface area contributed by atoms with Gasteiger partial charge in [-0.2, -0.15) is 21.0 Å². The van der Waals surface area contributed by atoms with Crippen molar-refractivity contribution in [1.29, 1.82) is 21.0 Å². The number of hydrogen-bond acceptors (Lipinski definition) is 9. The number of anilines is 1. The molecule has 0 aliphatic carbocycles. The maximum absolute atomic E-state index is 11.5. The zero-order chi connectivity index (χ0) is 22.4. The van der Waals surface area contributed by atoms with Crippen LogP contribution in [0.5, 0.6) is 0 Å². The summed E-state index contributed by atoms with van der Waals surface area (Å²) < 4.78 is 2.58. The number of thiophene rings is 2. The monoisotopic (exact) mass is 438 g/mol. The van der Waals surface area contributed by atoms with E-state index in [9.17, 15) is 4.91 Å². The standard InChI is InChI=1S/C22H10N6OS2/c23-9-15(10-24)19-5-3-17(30-19)7-13-1-2-14(22(28-29)21(13)27)8-18-4-6-20(31-18)16(11-25)12-26/h1-8H,27H2/b17-7+,18-8+. The molecule has 0 aliphatic heterocycles. The highest BCUT2D eigenvalue weighted by molar-refractivity contribution is 7.08. The second-order valence-corrected chi connectivity index (χ2v) is 8.22. The van der Waals surface area contributed by atoms with Crippen molar-refractivity contribution in [3.63, 3.8) is 0 Å². The van der Waals surface area contributed by atoms with Gasteiger partial charge in [-0.3, -0.25) is 0 Å². The van der Waals surface area contributed by atoms with Crippen LogP contribution in [0.4, 0.5) is 11.4 Å². The third-order valence-corrected chi connectivity index (χ3v) is 6.26. The number of nitrogens with zero attached hydrogens (tertiary/aromatic N) is 5. The van der Waals surface area contributed by atoms with Crippen LogP contribution in [0.1, 0.15) is 11.1 Å². The Hall–Kier alpha value is -4.54. The van der Waals surface area contributed by atoms with Crippen LogP contribution in [0, 0.1) is 50.2 Å². The zero-order valence-electron chi connectivity index (χ0n) is 15.7. The van der Waals surface area contributed by atoms with E-state index >= 15 is 0 Å². The van der Waals surface area contributed by atoms with E-state index < -0.39 is 0 Å².